The number of aromatic hydroxyl groups is 1. The number of nitrogens with zero attached hydrogens (tertiary/aromatic N) is 2. The molecule has 1 aromatic heterocycles. The van der Waals surface area contributed by atoms with Crippen LogP contribution in [-0.2, 0) is 4.74 Å². The standard InChI is InChI=1S/C9H13N3O6/c10-9-11-7(17)3(14)1-12(9)8-6(16)5(15)4(2-13)18-8/h1,4-6,8,13-16H,2H2,(H2,10,11,17)/t4-,5-,6-,8-/m1/s1. The molecule has 2 heterocycles. The fourth-order valence-electron chi connectivity index (χ4n) is 1.79. The molecule has 1 aromatic rings. The van der Waals surface area contributed by atoms with E-state index in [9.17, 15) is 20.1 Å². The average Bonchev–Trinajstić information content (AvgIpc) is 2.61. The Hall–Kier alpha value is -1.68. The van der Waals surface area contributed by atoms with Crippen LogP contribution in [-0.4, -0.2) is 54.9 Å². The summed E-state index contributed by atoms with van der Waals surface area (Å²) < 4.78 is 6.19. The first-order chi connectivity index (χ1) is 8.45. The molecule has 0 unspecified atom stereocenters. The topological polar surface area (TPSA) is 151 Å². The van der Waals surface area contributed by atoms with Gasteiger partial charge in [-0.15, -0.1) is 0 Å². The number of anilines is 1. The van der Waals surface area contributed by atoms with Crippen LogP contribution >= 0.6 is 0 Å². The van der Waals surface area contributed by atoms with E-state index in [-0.39, 0.29) is 5.95 Å². The third-order valence-corrected chi connectivity index (χ3v) is 2.75. The summed E-state index contributed by atoms with van der Waals surface area (Å²) >= 11 is 0. The molecule has 0 spiro atoms. The zero-order chi connectivity index (χ0) is 13.4. The number of ether oxygens (including phenoxy) is 1. The third-order valence-electron chi connectivity index (χ3n) is 2.75. The van der Waals surface area contributed by atoms with Crippen LogP contribution in [0.3, 0.4) is 0 Å². The van der Waals surface area contributed by atoms with Crippen molar-refractivity contribution in [2.45, 2.75) is 24.5 Å². The number of aromatic nitrogens is 2. The molecule has 9 heteroatoms. The zero-order valence-electron chi connectivity index (χ0n) is 9.17. The molecule has 0 bridgehead atoms. The molecule has 1 aliphatic rings. The van der Waals surface area contributed by atoms with E-state index in [0.717, 1.165) is 10.8 Å². The van der Waals surface area contributed by atoms with E-state index in [0.29, 0.717) is 0 Å². The summed E-state index contributed by atoms with van der Waals surface area (Å²) in [6.07, 6.45) is -3.85. The lowest BCUT2D eigenvalue weighted by Gasteiger charge is -2.19. The Morgan fingerprint density at radius 2 is 2.11 bits per heavy atom. The summed E-state index contributed by atoms with van der Waals surface area (Å²) in [6, 6.07) is 0. The number of aliphatic hydroxyl groups is 3. The van der Waals surface area contributed by atoms with E-state index < -0.39 is 42.5 Å². The van der Waals surface area contributed by atoms with E-state index in [1.54, 1.807) is 0 Å². The van der Waals surface area contributed by atoms with Crippen LogP contribution in [0.25, 0.3) is 0 Å². The lowest BCUT2D eigenvalue weighted by molar-refractivity contribution is -0.0525. The van der Waals surface area contributed by atoms with Crippen molar-refractivity contribution in [3.05, 3.63) is 16.6 Å². The minimum atomic E-state index is -1.37. The van der Waals surface area contributed by atoms with Crippen molar-refractivity contribution >= 4 is 5.95 Å². The quantitative estimate of drug-likeness (QED) is 0.380. The summed E-state index contributed by atoms with van der Waals surface area (Å²) in [7, 11) is 0. The molecule has 0 amide bonds. The van der Waals surface area contributed by atoms with E-state index in [1.165, 1.54) is 0 Å². The third kappa shape index (κ3) is 1.93. The van der Waals surface area contributed by atoms with Crippen LogP contribution in [0.1, 0.15) is 6.23 Å². The summed E-state index contributed by atoms with van der Waals surface area (Å²) in [5.41, 5.74) is 4.56. The molecule has 0 aliphatic carbocycles. The van der Waals surface area contributed by atoms with Crippen LogP contribution in [0.5, 0.6) is 5.75 Å². The minimum absolute atomic E-state index is 0.285. The molecule has 1 saturated heterocycles. The van der Waals surface area contributed by atoms with Crippen LogP contribution < -0.4 is 11.3 Å². The van der Waals surface area contributed by atoms with Gasteiger partial charge in [0.1, 0.15) is 18.3 Å². The van der Waals surface area contributed by atoms with Gasteiger partial charge in [-0.1, -0.05) is 0 Å². The van der Waals surface area contributed by atoms with Gasteiger partial charge in [0.25, 0.3) is 0 Å². The molecule has 4 atom stereocenters. The molecule has 6 N–H and O–H groups in total. The van der Waals surface area contributed by atoms with Crippen molar-refractivity contribution in [2.75, 3.05) is 12.3 Å². The van der Waals surface area contributed by atoms with Gasteiger partial charge >= 0.3 is 5.56 Å². The summed E-state index contributed by atoms with van der Waals surface area (Å²) in [6.45, 7) is -0.492. The van der Waals surface area contributed by atoms with Gasteiger partial charge in [-0.05, 0) is 0 Å². The van der Waals surface area contributed by atoms with Gasteiger partial charge in [0.05, 0.1) is 12.8 Å². The van der Waals surface area contributed by atoms with Gasteiger partial charge < -0.3 is 30.9 Å². The second-order valence-corrected chi connectivity index (χ2v) is 3.93. The Morgan fingerprint density at radius 1 is 1.44 bits per heavy atom. The van der Waals surface area contributed by atoms with E-state index >= 15 is 0 Å². The zero-order valence-corrected chi connectivity index (χ0v) is 9.17. The highest BCUT2D eigenvalue weighted by Crippen LogP contribution is 2.30. The molecular weight excluding hydrogens is 246 g/mol. The van der Waals surface area contributed by atoms with Gasteiger partial charge in [0, 0.05) is 0 Å². The number of nitrogens with two attached hydrogens (primary N) is 1. The Kier molecular flexibility index (Phi) is 3.22. The molecule has 9 nitrogen and oxygen atoms in total. The predicted octanol–water partition coefficient (Wildman–Crippen LogP) is -2.86. The molecule has 0 saturated carbocycles. The largest absolute Gasteiger partial charge is 0.502 e. The Bertz CT molecular complexity index is 504. The lowest BCUT2D eigenvalue weighted by Crippen LogP contribution is -2.33. The normalized spacial score (nSPS) is 31.7. The second-order valence-electron chi connectivity index (χ2n) is 3.93. The van der Waals surface area contributed by atoms with Crippen LogP contribution in [0.4, 0.5) is 5.95 Å². The molecular formula is C9H13N3O6. The Morgan fingerprint density at radius 3 is 2.67 bits per heavy atom. The van der Waals surface area contributed by atoms with E-state index in [2.05, 4.69) is 4.98 Å². The van der Waals surface area contributed by atoms with Gasteiger partial charge in [0.2, 0.25) is 5.95 Å². The monoisotopic (exact) mass is 259 g/mol. The van der Waals surface area contributed by atoms with Crippen LogP contribution in [0.15, 0.2) is 11.0 Å². The van der Waals surface area contributed by atoms with Gasteiger partial charge in [-0.25, -0.2) is 0 Å². The second kappa shape index (κ2) is 4.53. The minimum Gasteiger partial charge on any atom is -0.502 e. The van der Waals surface area contributed by atoms with Crippen molar-refractivity contribution in [1.29, 1.82) is 0 Å². The first-order valence-electron chi connectivity index (χ1n) is 5.15. The molecule has 100 valence electrons. The summed E-state index contributed by atoms with van der Waals surface area (Å²) in [5.74, 6) is -0.949. The van der Waals surface area contributed by atoms with Gasteiger partial charge in [-0.2, -0.15) is 4.98 Å². The Labute approximate surface area is 101 Å². The Balaban J connectivity index is 2.38. The van der Waals surface area contributed by atoms with Gasteiger partial charge in [-0.3, -0.25) is 9.36 Å². The van der Waals surface area contributed by atoms with Crippen molar-refractivity contribution in [1.82, 2.24) is 9.55 Å². The van der Waals surface area contributed by atoms with Crippen molar-refractivity contribution in [2.24, 2.45) is 0 Å². The average molecular weight is 259 g/mol. The maximum Gasteiger partial charge on any atom is 0.316 e. The number of aliphatic hydroxyl groups excluding tert-OH is 3. The summed E-state index contributed by atoms with van der Waals surface area (Å²) in [5, 5.41) is 37.5. The van der Waals surface area contributed by atoms with E-state index in [1.807, 2.05) is 0 Å². The molecule has 18 heavy (non-hydrogen) atoms. The van der Waals surface area contributed by atoms with Crippen molar-refractivity contribution in [3.8, 4) is 5.75 Å². The molecule has 0 radical (unpaired) electrons. The molecule has 1 aliphatic heterocycles. The first-order valence-corrected chi connectivity index (χ1v) is 5.15. The van der Waals surface area contributed by atoms with Gasteiger partial charge in [0.15, 0.2) is 12.0 Å². The van der Waals surface area contributed by atoms with Crippen LogP contribution in [0.2, 0.25) is 0 Å². The number of nitrogen functional groups attached to an aromatic ring is 1. The summed E-state index contributed by atoms with van der Waals surface area (Å²) in [4.78, 5) is 14.4. The highest BCUT2D eigenvalue weighted by atomic mass is 16.6. The van der Waals surface area contributed by atoms with Crippen LogP contribution in [0, 0.1) is 0 Å². The highest BCUT2D eigenvalue weighted by molar-refractivity contribution is 5.24. The number of rotatable bonds is 2. The number of hydrogen-bond donors (Lipinski definition) is 5. The molecule has 0 aromatic carbocycles. The molecule has 2 rings (SSSR count). The first kappa shape index (κ1) is 12.8. The smallest absolute Gasteiger partial charge is 0.316 e. The lowest BCUT2D eigenvalue weighted by atomic mass is 10.1. The predicted molar refractivity (Wildman–Crippen MR) is 57.6 cm³/mol. The number of hydrogen-bond acceptors (Lipinski definition) is 8. The fraction of sp³-hybridized carbons (Fsp3) is 0.556. The van der Waals surface area contributed by atoms with Crippen molar-refractivity contribution in [3.63, 3.8) is 0 Å². The van der Waals surface area contributed by atoms with E-state index in [4.69, 9.17) is 15.6 Å². The fourth-order valence-corrected chi connectivity index (χ4v) is 1.79. The maximum absolute atomic E-state index is 11.0. The maximum atomic E-state index is 11.0. The highest BCUT2D eigenvalue weighted by Gasteiger charge is 2.43. The molecule has 1 fully saturated rings. The van der Waals surface area contributed by atoms with Crippen molar-refractivity contribution < 1.29 is 25.2 Å². The SMILES string of the molecule is Nc1nc(=O)c(O)cn1[C@@H]1O[C@H](CO)[C@@H](O)[C@H]1O.